The lowest BCUT2D eigenvalue weighted by Crippen LogP contribution is -2.33. The highest BCUT2D eigenvalue weighted by molar-refractivity contribution is 5.96. The van der Waals surface area contributed by atoms with Gasteiger partial charge in [0.2, 0.25) is 0 Å². The molecule has 4 heteroatoms. The number of fused-ring (bicyclic) bond motifs is 2. The molecule has 0 saturated carbocycles. The topological polar surface area (TPSA) is 42.4 Å². The number of hydrogen-bond acceptors (Lipinski definition) is 3. The summed E-state index contributed by atoms with van der Waals surface area (Å²) in [6.45, 7) is 0.834. The Morgan fingerprint density at radius 3 is 2.96 bits per heavy atom. The summed E-state index contributed by atoms with van der Waals surface area (Å²) in [5.41, 5.74) is 4.58. The SMILES string of the molecule is O=C(COc1ccnc2c1CCCC2)N1CCc2ccccc21. The Morgan fingerprint density at radius 1 is 1.13 bits per heavy atom. The summed E-state index contributed by atoms with van der Waals surface area (Å²) in [6, 6.07) is 9.98. The molecule has 1 aromatic heterocycles. The van der Waals surface area contributed by atoms with Crippen molar-refractivity contribution in [3.8, 4) is 5.75 Å². The standard InChI is InChI=1S/C19H20N2O2/c22-19(21-12-10-14-5-1-4-8-17(14)21)13-23-18-9-11-20-16-7-3-2-6-15(16)18/h1,4-5,8-9,11H,2-3,6-7,10,12-13H2. The third-order valence-corrected chi connectivity index (χ3v) is 4.73. The molecule has 0 saturated heterocycles. The highest BCUT2D eigenvalue weighted by atomic mass is 16.5. The van der Waals surface area contributed by atoms with Crippen molar-refractivity contribution in [1.29, 1.82) is 0 Å². The van der Waals surface area contributed by atoms with Gasteiger partial charge in [0.25, 0.3) is 5.91 Å². The number of hydrogen-bond donors (Lipinski definition) is 0. The number of carbonyl (C=O) groups excluding carboxylic acids is 1. The summed E-state index contributed by atoms with van der Waals surface area (Å²) in [7, 11) is 0. The minimum atomic E-state index is 0.0244. The Balaban J connectivity index is 1.47. The van der Waals surface area contributed by atoms with Gasteiger partial charge >= 0.3 is 0 Å². The number of anilines is 1. The van der Waals surface area contributed by atoms with Crippen LogP contribution in [-0.4, -0.2) is 24.0 Å². The second kappa shape index (κ2) is 6.03. The van der Waals surface area contributed by atoms with Crippen LogP contribution in [0.1, 0.15) is 29.7 Å². The fraction of sp³-hybridized carbons (Fsp3) is 0.368. The van der Waals surface area contributed by atoms with Gasteiger partial charge < -0.3 is 9.64 Å². The van der Waals surface area contributed by atoms with Crippen LogP contribution in [0.4, 0.5) is 5.69 Å². The van der Waals surface area contributed by atoms with Gasteiger partial charge in [-0.1, -0.05) is 18.2 Å². The van der Waals surface area contributed by atoms with Gasteiger partial charge in [0.15, 0.2) is 6.61 Å². The quantitative estimate of drug-likeness (QED) is 0.875. The summed E-state index contributed by atoms with van der Waals surface area (Å²) in [6.07, 6.45) is 7.08. The molecular formula is C19H20N2O2. The maximum Gasteiger partial charge on any atom is 0.264 e. The van der Waals surface area contributed by atoms with Crippen molar-refractivity contribution in [3.05, 3.63) is 53.3 Å². The molecule has 118 valence electrons. The van der Waals surface area contributed by atoms with Crippen LogP contribution >= 0.6 is 0 Å². The van der Waals surface area contributed by atoms with E-state index in [9.17, 15) is 4.79 Å². The molecular weight excluding hydrogens is 288 g/mol. The zero-order valence-electron chi connectivity index (χ0n) is 13.1. The highest BCUT2D eigenvalue weighted by Crippen LogP contribution is 2.29. The number of benzene rings is 1. The molecule has 1 aliphatic heterocycles. The molecule has 1 aliphatic carbocycles. The predicted octanol–water partition coefficient (Wildman–Crippen LogP) is 2.93. The summed E-state index contributed by atoms with van der Waals surface area (Å²) in [4.78, 5) is 18.8. The average Bonchev–Trinajstić information content (AvgIpc) is 3.04. The molecule has 1 amide bonds. The van der Waals surface area contributed by atoms with Gasteiger partial charge in [-0.15, -0.1) is 0 Å². The molecule has 2 heterocycles. The van der Waals surface area contributed by atoms with Crippen LogP contribution in [0.2, 0.25) is 0 Å². The Hall–Kier alpha value is -2.36. The Bertz CT molecular complexity index is 742. The summed E-state index contributed by atoms with van der Waals surface area (Å²) in [5, 5.41) is 0. The van der Waals surface area contributed by atoms with Crippen molar-refractivity contribution >= 4 is 11.6 Å². The first-order valence-electron chi connectivity index (χ1n) is 8.31. The first-order valence-corrected chi connectivity index (χ1v) is 8.31. The van der Waals surface area contributed by atoms with E-state index >= 15 is 0 Å². The first kappa shape index (κ1) is 14.2. The summed E-state index contributed by atoms with van der Waals surface area (Å²) in [5.74, 6) is 0.854. The molecule has 23 heavy (non-hydrogen) atoms. The van der Waals surface area contributed by atoms with Crippen molar-refractivity contribution in [1.82, 2.24) is 4.98 Å². The number of para-hydroxylation sites is 1. The van der Waals surface area contributed by atoms with Crippen LogP contribution in [-0.2, 0) is 24.1 Å². The van der Waals surface area contributed by atoms with E-state index < -0.39 is 0 Å². The second-order valence-corrected chi connectivity index (χ2v) is 6.15. The fourth-order valence-electron chi connectivity index (χ4n) is 3.54. The van der Waals surface area contributed by atoms with Crippen LogP contribution < -0.4 is 9.64 Å². The number of pyridine rings is 1. The zero-order valence-corrected chi connectivity index (χ0v) is 13.1. The van der Waals surface area contributed by atoms with Gasteiger partial charge in [-0.2, -0.15) is 0 Å². The average molecular weight is 308 g/mol. The number of aryl methyl sites for hydroxylation is 1. The molecule has 0 bridgehead atoms. The second-order valence-electron chi connectivity index (χ2n) is 6.15. The minimum absolute atomic E-state index is 0.0244. The van der Waals surface area contributed by atoms with Crippen molar-refractivity contribution in [2.45, 2.75) is 32.1 Å². The maximum absolute atomic E-state index is 12.5. The normalized spacial score (nSPS) is 15.9. The molecule has 0 radical (unpaired) electrons. The van der Waals surface area contributed by atoms with Gasteiger partial charge in [-0.3, -0.25) is 9.78 Å². The molecule has 2 aliphatic rings. The van der Waals surface area contributed by atoms with Gasteiger partial charge in [0.1, 0.15) is 5.75 Å². The Labute approximate surface area is 136 Å². The molecule has 0 N–H and O–H groups in total. The van der Waals surface area contributed by atoms with Crippen LogP contribution in [0, 0.1) is 0 Å². The minimum Gasteiger partial charge on any atom is -0.483 e. The first-order chi connectivity index (χ1) is 11.3. The van der Waals surface area contributed by atoms with Crippen LogP contribution in [0.5, 0.6) is 5.75 Å². The number of nitrogens with zero attached hydrogens (tertiary/aromatic N) is 2. The molecule has 1 aromatic carbocycles. The predicted molar refractivity (Wildman–Crippen MR) is 88.9 cm³/mol. The number of carbonyl (C=O) groups is 1. The zero-order chi connectivity index (χ0) is 15.6. The lowest BCUT2D eigenvalue weighted by molar-refractivity contribution is -0.120. The number of rotatable bonds is 3. The summed E-state index contributed by atoms with van der Waals surface area (Å²) < 4.78 is 5.86. The molecule has 4 nitrogen and oxygen atoms in total. The van der Waals surface area contributed by atoms with Crippen molar-refractivity contribution < 1.29 is 9.53 Å². The number of amides is 1. The molecule has 0 atom stereocenters. The van der Waals surface area contributed by atoms with Crippen LogP contribution in [0.15, 0.2) is 36.5 Å². The maximum atomic E-state index is 12.5. The largest absolute Gasteiger partial charge is 0.483 e. The molecule has 2 aromatic rings. The van der Waals surface area contributed by atoms with Gasteiger partial charge in [0.05, 0.1) is 0 Å². The highest BCUT2D eigenvalue weighted by Gasteiger charge is 2.25. The Morgan fingerprint density at radius 2 is 2.00 bits per heavy atom. The van der Waals surface area contributed by atoms with E-state index in [2.05, 4.69) is 11.1 Å². The van der Waals surface area contributed by atoms with Crippen LogP contribution in [0.25, 0.3) is 0 Å². The van der Waals surface area contributed by atoms with E-state index in [1.807, 2.05) is 29.2 Å². The van der Waals surface area contributed by atoms with E-state index in [0.29, 0.717) is 0 Å². The van der Waals surface area contributed by atoms with E-state index in [1.54, 1.807) is 6.20 Å². The monoisotopic (exact) mass is 308 g/mol. The van der Waals surface area contributed by atoms with Gasteiger partial charge in [0, 0.05) is 29.7 Å². The van der Waals surface area contributed by atoms with E-state index in [4.69, 9.17) is 4.74 Å². The van der Waals surface area contributed by atoms with Crippen molar-refractivity contribution in [3.63, 3.8) is 0 Å². The third kappa shape index (κ3) is 2.69. The van der Waals surface area contributed by atoms with Gasteiger partial charge in [-0.05, 0) is 49.8 Å². The molecule has 0 unspecified atom stereocenters. The smallest absolute Gasteiger partial charge is 0.264 e. The lowest BCUT2D eigenvalue weighted by atomic mass is 9.95. The molecule has 4 rings (SSSR count). The van der Waals surface area contributed by atoms with Crippen LogP contribution in [0.3, 0.4) is 0 Å². The fourth-order valence-corrected chi connectivity index (χ4v) is 3.54. The van der Waals surface area contributed by atoms with Crippen molar-refractivity contribution in [2.75, 3.05) is 18.1 Å². The van der Waals surface area contributed by atoms with Crippen molar-refractivity contribution in [2.24, 2.45) is 0 Å². The summed E-state index contributed by atoms with van der Waals surface area (Å²) >= 11 is 0. The lowest BCUT2D eigenvalue weighted by Gasteiger charge is -2.20. The number of ether oxygens (including phenoxy) is 1. The van der Waals surface area contributed by atoms with E-state index in [1.165, 1.54) is 24.0 Å². The Kier molecular flexibility index (Phi) is 3.74. The third-order valence-electron chi connectivity index (χ3n) is 4.73. The van der Waals surface area contributed by atoms with Gasteiger partial charge in [-0.25, -0.2) is 0 Å². The molecule has 0 fully saturated rings. The molecule has 0 spiro atoms. The number of aromatic nitrogens is 1. The van der Waals surface area contributed by atoms with E-state index in [-0.39, 0.29) is 12.5 Å². The van der Waals surface area contributed by atoms with E-state index in [0.717, 1.165) is 42.9 Å².